The van der Waals surface area contributed by atoms with Crippen molar-refractivity contribution in [3.05, 3.63) is 46.2 Å². The second-order valence-electron chi connectivity index (χ2n) is 5.36. The van der Waals surface area contributed by atoms with E-state index in [0.29, 0.717) is 11.4 Å². The third-order valence-electron chi connectivity index (χ3n) is 3.72. The summed E-state index contributed by atoms with van der Waals surface area (Å²) in [6.07, 6.45) is 3.96. The van der Waals surface area contributed by atoms with Gasteiger partial charge in [0.1, 0.15) is 5.75 Å². The summed E-state index contributed by atoms with van der Waals surface area (Å²) in [7, 11) is 0. The molecule has 0 spiro atoms. The highest BCUT2D eigenvalue weighted by Gasteiger charge is 2.21. The maximum atomic E-state index is 12.7. The summed E-state index contributed by atoms with van der Waals surface area (Å²) in [5.41, 5.74) is 0.778. The maximum Gasteiger partial charge on any atom is 0.261 e. The van der Waals surface area contributed by atoms with Crippen LogP contribution in [0.3, 0.4) is 0 Å². The van der Waals surface area contributed by atoms with Crippen LogP contribution >= 0.6 is 11.8 Å². The molecule has 1 aromatic carbocycles. The third-order valence-corrected chi connectivity index (χ3v) is 4.68. The van der Waals surface area contributed by atoms with Crippen LogP contribution in [-0.2, 0) is 13.0 Å². The summed E-state index contributed by atoms with van der Waals surface area (Å²) < 4.78 is 7.69. The summed E-state index contributed by atoms with van der Waals surface area (Å²) in [5, 5.41) is 0.773. The molecule has 22 heavy (non-hydrogen) atoms. The van der Waals surface area contributed by atoms with Crippen molar-refractivity contribution in [1.82, 2.24) is 9.55 Å². The Morgan fingerprint density at radius 1 is 1.27 bits per heavy atom. The normalized spacial score (nSPS) is 13.1. The molecule has 0 radical (unpaired) electrons. The molecule has 5 heteroatoms. The first-order chi connectivity index (χ1) is 10.8. The fourth-order valence-corrected chi connectivity index (χ4v) is 3.48. The molecular weight excluding hydrogens is 296 g/mol. The Hall–Kier alpha value is -1.75. The smallest absolute Gasteiger partial charge is 0.261 e. The zero-order valence-corrected chi connectivity index (χ0v) is 13.6. The maximum absolute atomic E-state index is 12.7. The van der Waals surface area contributed by atoms with Crippen LogP contribution in [0.1, 0.15) is 31.7 Å². The summed E-state index contributed by atoms with van der Waals surface area (Å²) >= 11 is 1.62. The number of ether oxygens (including phenoxy) is 1. The van der Waals surface area contributed by atoms with Crippen LogP contribution in [0.25, 0.3) is 0 Å². The van der Waals surface area contributed by atoms with Crippen LogP contribution in [0.2, 0.25) is 0 Å². The minimum absolute atomic E-state index is 0.0667. The third kappa shape index (κ3) is 3.19. The lowest BCUT2D eigenvalue weighted by Gasteiger charge is -2.12. The Kier molecular flexibility index (Phi) is 4.83. The molecule has 1 aliphatic heterocycles. The van der Waals surface area contributed by atoms with Crippen LogP contribution in [0, 0.1) is 0 Å². The molecule has 0 bridgehead atoms. The number of para-hydroxylation sites is 1. The van der Waals surface area contributed by atoms with E-state index in [0.717, 1.165) is 48.9 Å². The van der Waals surface area contributed by atoms with Gasteiger partial charge < -0.3 is 4.74 Å². The molecule has 0 saturated carbocycles. The van der Waals surface area contributed by atoms with Gasteiger partial charge in [-0.3, -0.25) is 9.36 Å². The molecule has 3 rings (SSSR count). The average Bonchev–Trinajstić information content (AvgIpc) is 3.00. The molecule has 0 saturated heterocycles. The Labute approximate surface area is 134 Å². The zero-order valence-electron chi connectivity index (χ0n) is 12.7. The largest absolute Gasteiger partial charge is 0.438 e. The van der Waals surface area contributed by atoms with Crippen LogP contribution in [0.4, 0.5) is 0 Å². The Morgan fingerprint density at radius 2 is 2.09 bits per heavy atom. The van der Waals surface area contributed by atoms with E-state index in [1.165, 1.54) is 0 Å². The zero-order chi connectivity index (χ0) is 15.4. The van der Waals surface area contributed by atoms with E-state index in [1.807, 2.05) is 30.3 Å². The van der Waals surface area contributed by atoms with Gasteiger partial charge in [0.05, 0.1) is 5.56 Å². The summed E-state index contributed by atoms with van der Waals surface area (Å²) in [6, 6.07) is 9.54. The van der Waals surface area contributed by atoms with Crippen molar-refractivity contribution in [2.45, 2.75) is 44.3 Å². The molecule has 0 aliphatic carbocycles. The van der Waals surface area contributed by atoms with Crippen molar-refractivity contribution in [3.8, 4) is 11.6 Å². The molecule has 2 heterocycles. The standard InChI is InChI=1S/C17H20N2O2S/c1-2-3-5-10-14-15(21-13-8-6-4-7-9-13)18-17-19(16(14)20)11-12-22-17/h4,6-9H,2-3,5,10-12H2,1H3. The first kappa shape index (κ1) is 15.2. The van der Waals surface area contributed by atoms with Crippen LogP contribution < -0.4 is 10.3 Å². The van der Waals surface area contributed by atoms with E-state index >= 15 is 0 Å². The van der Waals surface area contributed by atoms with Gasteiger partial charge in [-0.2, -0.15) is 4.98 Å². The lowest BCUT2D eigenvalue weighted by Crippen LogP contribution is -2.25. The van der Waals surface area contributed by atoms with E-state index in [1.54, 1.807) is 16.3 Å². The van der Waals surface area contributed by atoms with E-state index in [4.69, 9.17) is 4.74 Å². The summed E-state index contributed by atoms with van der Waals surface area (Å²) in [6.45, 7) is 2.91. The van der Waals surface area contributed by atoms with Gasteiger partial charge in [-0.05, 0) is 25.0 Å². The van der Waals surface area contributed by atoms with Gasteiger partial charge in [0.15, 0.2) is 5.16 Å². The lowest BCUT2D eigenvalue weighted by atomic mass is 10.1. The van der Waals surface area contributed by atoms with Gasteiger partial charge in [-0.25, -0.2) is 0 Å². The number of hydrogen-bond donors (Lipinski definition) is 0. The molecule has 116 valence electrons. The van der Waals surface area contributed by atoms with Gasteiger partial charge in [0.2, 0.25) is 5.88 Å². The topological polar surface area (TPSA) is 44.1 Å². The molecule has 0 unspecified atom stereocenters. The van der Waals surface area contributed by atoms with Crippen LogP contribution in [-0.4, -0.2) is 15.3 Å². The van der Waals surface area contributed by atoms with Gasteiger partial charge in [-0.15, -0.1) is 0 Å². The van der Waals surface area contributed by atoms with Crippen molar-refractivity contribution in [2.24, 2.45) is 0 Å². The fourth-order valence-electron chi connectivity index (χ4n) is 2.54. The van der Waals surface area contributed by atoms with Crippen LogP contribution in [0.15, 0.2) is 40.3 Å². The second kappa shape index (κ2) is 7.01. The number of unbranched alkanes of at least 4 members (excludes halogenated alkanes) is 2. The van der Waals surface area contributed by atoms with E-state index in [2.05, 4.69) is 11.9 Å². The summed E-state index contributed by atoms with van der Waals surface area (Å²) in [4.78, 5) is 17.3. The molecule has 2 aromatic rings. The van der Waals surface area contributed by atoms with Crippen molar-refractivity contribution in [3.63, 3.8) is 0 Å². The Morgan fingerprint density at radius 3 is 2.86 bits per heavy atom. The van der Waals surface area contributed by atoms with Gasteiger partial charge in [0, 0.05) is 12.3 Å². The average molecular weight is 316 g/mol. The summed E-state index contributed by atoms with van der Waals surface area (Å²) in [5.74, 6) is 2.11. The molecule has 0 N–H and O–H groups in total. The highest BCUT2D eigenvalue weighted by atomic mass is 32.2. The number of aromatic nitrogens is 2. The number of thioether (sulfide) groups is 1. The lowest BCUT2D eigenvalue weighted by molar-refractivity contribution is 0.436. The fraction of sp³-hybridized carbons (Fsp3) is 0.412. The quantitative estimate of drug-likeness (QED) is 0.599. The molecule has 0 atom stereocenters. The van der Waals surface area contributed by atoms with Crippen molar-refractivity contribution in [1.29, 1.82) is 0 Å². The monoisotopic (exact) mass is 316 g/mol. The van der Waals surface area contributed by atoms with Crippen molar-refractivity contribution >= 4 is 11.8 Å². The minimum atomic E-state index is 0.0667. The Bertz CT molecular complexity index is 698. The van der Waals surface area contributed by atoms with Crippen molar-refractivity contribution < 1.29 is 4.74 Å². The number of benzene rings is 1. The molecule has 1 aliphatic rings. The number of fused-ring (bicyclic) bond motifs is 1. The molecular formula is C17H20N2O2S. The van der Waals surface area contributed by atoms with E-state index < -0.39 is 0 Å². The predicted octanol–water partition coefficient (Wildman–Crippen LogP) is 3.87. The van der Waals surface area contributed by atoms with Gasteiger partial charge in [-0.1, -0.05) is 49.7 Å². The molecule has 4 nitrogen and oxygen atoms in total. The molecule has 0 fully saturated rings. The van der Waals surface area contributed by atoms with Crippen molar-refractivity contribution in [2.75, 3.05) is 5.75 Å². The first-order valence-electron chi connectivity index (χ1n) is 7.79. The minimum Gasteiger partial charge on any atom is -0.438 e. The number of rotatable bonds is 6. The van der Waals surface area contributed by atoms with E-state index in [9.17, 15) is 4.79 Å². The van der Waals surface area contributed by atoms with Gasteiger partial charge in [0.25, 0.3) is 5.56 Å². The van der Waals surface area contributed by atoms with E-state index in [-0.39, 0.29) is 5.56 Å². The molecule has 1 aromatic heterocycles. The number of nitrogens with zero attached hydrogens (tertiary/aromatic N) is 2. The predicted molar refractivity (Wildman–Crippen MR) is 89.0 cm³/mol. The molecule has 0 amide bonds. The van der Waals surface area contributed by atoms with Crippen LogP contribution in [0.5, 0.6) is 11.6 Å². The van der Waals surface area contributed by atoms with Gasteiger partial charge >= 0.3 is 0 Å². The first-order valence-corrected chi connectivity index (χ1v) is 8.77. The highest BCUT2D eigenvalue weighted by Crippen LogP contribution is 2.28. The SMILES string of the molecule is CCCCCc1c(Oc2ccccc2)nc2n(c1=O)CCS2. The second-order valence-corrected chi connectivity index (χ2v) is 6.42. The highest BCUT2D eigenvalue weighted by molar-refractivity contribution is 7.99. The number of hydrogen-bond acceptors (Lipinski definition) is 4. The Balaban J connectivity index is 1.95.